The molecule has 42 heavy (non-hydrogen) atoms. The Kier molecular flexibility index (Phi) is 10.0. The van der Waals surface area contributed by atoms with E-state index in [-0.39, 0.29) is 16.3 Å². The second-order valence-electron chi connectivity index (χ2n) is 8.83. The molecule has 0 saturated heterocycles. The average Bonchev–Trinajstić information content (AvgIpc) is 3.03. The molecule has 11 heteroatoms. The van der Waals surface area contributed by atoms with Crippen LogP contribution in [0.25, 0.3) is 0 Å². The van der Waals surface area contributed by atoms with Crippen molar-refractivity contribution < 1.29 is 32.2 Å². The number of hydrogen-bond acceptors (Lipinski definition) is 8. The van der Waals surface area contributed by atoms with Crippen LogP contribution >= 0.6 is 0 Å². The van der Waals surface area contributed by atoms with Gasteiger partial charge in [-0.15, -0.1) is 0 Å². The second kappa shape index (κ2) is 14.0. The predicted molar refractivity (Wildman–Crippen MR) is 160 cm³/mol. The first kappa shape index (κ1) is 29.9. The van der Waals surface area contributed by atoms with E-state index < -0.39 is 22.5 Å². The van der Waals surface area contributed by atoms with Crippen molar-refractivity contribution in [3.8, 4) is 23.0 Å². The van der Waals surface area contributed by atoms with Gasteiger partial charge in [0.2, 0.25) is 0 Å². The van der Waals surface area contributed by atoms with Crippen molar-refractivity contribution >= 4 is 27.8 Å². The summed E-state index contributed by atoms with van der Waals surface area (Å²) in [7, 11) is 0.145. The van der Waals surface area contributed by atoms with Crippen molar-refractivity contribution in [3.63, 3.8) is 0 Å². The highest BCUT2D eigenvalue weighted by atomic mass is 32.2. The van der Waals surface area contributed by atoms with Crippen molar-refractivity contribution in [1.82, 2.24) is 5.43 Å². The fourth-order valence-corrected chi connectivity index (χ4v) is 5.40. The summed E-state index contributed by atoms with van der Waals surface area (Å²) in [5.41, 5.74) is 4.32. The zero-order valence-electron chi connectivity index (χ0n) is 23.4. The number of para-hydroxylation sites is 1. The Morgan fingerprint density at radius 2 is 1.50 bits per heavy atom. The van der Waals surface area contributed by atoms with Crippen LogP contribution in [-0.4, -0.2) is 48.4 Å². The quantitative estimate of drug-likeness (QED) is 0.179. The van der Waals surface area contributed by atoms with E-state index >= 15 is 0 Å². The van der Waals surface area contributed by atoms with Gasteiger partial charge in [-0.25, -0.2) is 13.8 Å². The highest BCUT2D eigenvalue weighted by Crippen LogP contribution is 2.32. The summed E-state index contributed by atoms with van der Waals surface area (Å²) >= 11 is 0. The lowest BCUT2D eigenvalue weighted by molar-refractivity contribution is -0.119. The summed E-state index contributed by atoms with van der Waals surface area (Å²) in [6.07, 6.45) is 1.44. The number of sulfonamides is 1. The van der Waals surface area contributed by atoms with Gasteiger partial charge in [0.15, 0.2) is 11.5 Å². The summed E-state index contributed by atoms with van der Waals surface area (Å²) < 4.78 is 50.2. The molecule has 0 heterocycles. The molecular weight excluding hydrogens is 558 g/mol. The zero-order chi connectivity index (χ0) is 30.0. The Bertz CT molecular complexity index is 1630. The summed E-state index contributed by atoms with van der Waals surface area (Å²) in [6, 6.07) is 27.5. The molecule has 1 N–H and O–H groups in total. The summed E-state index contributed by atoms with van der Waals surface area (Å²) in [5.74, 6) is 1.05. The van der Waals surface area contributed by atoms with Crippen molar-refractivity contribution in [2.24, 2.45) is 5.10 Å². The van der Waals surface area contributed by atoms with Gasteiger partial charge in [-0.2, -0.15) is 5.10 Å². The molecule has 0 aromatic heterocycles. The molecule has 4 aromatic rings. The van der Waals surface area contributed by atoms with E-state index in [2.05, 4.69) is 10.5 Å². The first-order valence-corrected chi connectivity index (χ1v) is 14.3. The maximum Gasteiger partial charge on any atom is 0.264 e. The summed E-state index contributed by atoms with van der Waals surface area (Å²) in [4.78, 5) is 12.9. The number of hydrogen-bond donors (Lipinski definition) is 1. The lowest BCUT2D eigenvalue weighted by Gasteiger charge is -2.24. The molecule has 0 unspecified atom stereocenters. The molecule has 0 atom stereocenters. The van der Waals surface area contributed by atoms with E-state index in [1.165, 1.54) is 45.7 Å². The van der Waals surface area contributed by atoms with E-state index in [0.717, 1.165) is 9.87 Å². The Morgan fingerprint density at radius 3 is 2.19 bits per heavy atom. The van der Waals surface area contributed by atoms with Crippen LogP contribution in [0.2, 0.25) is 0 Å². The van der Waals surface area contributed by atoms with Gasteiger partial charge in [0.25, 0.3) is 15.9 Å². The molecule has 0 aliphatic heterocycles. The topological polar surface area (TPSA) is 116 Å². The number of amides is 1. The zero-order valence-corrected chi connectivity index (χ0v) is 24.2. The van der Waals surface area contributed by atoms with Crippen LogP contribution in [0.15, 0.2) is 107 Å². The number of benzene rings is 4. The van der Waals surface area contributed by atoms with Crippen LogP contribution in [-0.2, 0) is 21.4 Å². The van der Waals surface area contributed by atoms with Crippen LogP contribution < -0.4 is 28.7 Å². The van der Waals surface area contributed by atoms with Gasteiger partial charge in [-0.1, -0.05) is 42.5 Å². The fourth-order valence-electron chi connectivity index (χ4n) is 3.96. The normalized spacial score (nSPS) is 11.1. The molecule has 0 fully saturated rings. The number of nitrogens with one attached hydrogen (secondary N) is 1. The number of methoxy groups -OCH3 is 3. The van der Waals surface area contributed by atoms with Crippen LogP contribution in [0.4, 0.5) is 5.69 Å². The third-order valence-electron chi connectivity index (χ3n) is 6.14. The third-order valence-corrected chi connectivity index (χ3v) is 7.91. The van der Waals surface area contributed by atoms with Crippen molar-refractivity contribution in [2.45, 2.75) is 11.5 Å². The SMILES string of the molecule is COc1ccc(N(CC(=O)N/N=C\c2ccccc2OCc2ccccc2)S(=O)(=O)c2ccc(OC)c(OC)c2)cc1. The fraction of sp³-hybridized carbons (Fsp3) is 0.161. The van der Waals surface area contributed by atoms with Crippen LogP contribution in [0.5, 0.6) is 23.0 Å². The Balaban J connectivity index is 1.53. The predicted octanol–water partition coefficient (Wildman–Crippen LogP) is 4.64. The molecule has 0 bridgehead atoms. The smallest absolute Gasteiger partial charge is 0.264 e. The molecule has 4 rings (SSSR count). The van der Waals surface area contributed by atoms with Crippen molar-refractivity contribution in [2.75, 3.05) is 32.2 Å². The first-order chi connectivity index (χ1) is 20.3. The molecule has 10 nitrogen and oxygen atoms in total. The maximum atomic E-state index is 13.8. The minimum absolute atomic E-state index is 0.0863. The molecular formula is C31H31N3O7S. The van der Waals surface area contributed by atoms with Crippen molar-refractivity contribution in [1.29, 1.82) is 0 Å². The Labute approximate surface area is 245 Å². The van der Waals surface area contributed by atoms with Crippen molar-refractivity contribution in [3.05, 3.63) is 108 Å². The number of carbonyl (C=O) groups excluding carboxylic acids is 1. The number of ether oxygens (including phenoxy) is 4. The van der Waals surface area contributed by atoms with Gasteiger partial charge in [-0.3, -0.25) is 9.10 Å². The number of nitrogens with zero attached hydrogens (tertiary/aromatic N) is 2. The van der Waals surface area contributed by atoms with E-state index in [1.54, 1.807) is 36.4 Å². The van der Waals surface area contributed by atoms with E-state index in [9.17, 15) is 13.2 Å². The first-order valence-electron chi connectivity index (χ1n) is 12.8. The minimum atomic E-state index is -4.22. The van der Waals surface area contributed by atoms with E-state index in [1.807, 2.05) is 42.5 Å². The molecule has 0 aliphatic rings. The number of carbonyl (C=O) groups is 1. The summed E-state index contributed by atoms with van der Waals surface area (Å²) in [5, 5.41) is 4.05. The van der Waals surface area contributed by atoms with Gasteiger partial charge in [-0.05, 0) is 54.1 Å². The van der Waals surface area contributed by atoms with Crippen LogP contribution in [0.3, 0.4) is 0 Å². The second-order valence-corrected chi connectivity index (χ2v) is 10.7. The lowest BCUT2D eigenvalue weighted by atomic mass is 10.2. The molecule has 4 aromatic carbocycles. The maximum absolute atomic E-state index is 13.8. The number of rotatable bonds is 13. The molecule has 0 spiro atoms. The Hall–Kier alpha value is -5.03. The molecule has 218 valence electrons. The van der Waals surface area contributed by atoms with Gasteiger partial charge in [0.05, 0.1) is 38.1 Å². The average molecular weight is 590 g/mol. The van der Waals surface area contributed by atoms with Gasteiger partial charge >= 0.3 is 0 Å². The Morgan fingerprint density at radius 1 is 0.810 bits per heavy atom. The van der Waals surface area contributed by atoms with Gasteiger partial charge in [0.1, 0.15) is 24.7 Å². The number of hydrazone groups is 1. The standard InChI is InChI=1S/C31H31N3O7S/c1-38-26-15-13-25(14-16-26)34(42(36,37)27-17-18-29(39-2)30(19-27)40-3)21-31(35)33-32-20-24-11-7-8-12-28(24)41-22-23-9-5-4-6-10-23/h4-20H,21-22H2,1-3H3,(H,33,35)/b32-20-. The van der Waals surface area contributed by atoms with Crippen LogP contribution in [0, 0.1) is 0 Å². The number of anilines is 1. The highest BCUT2D eigenvalue weighted by molar-refractivity contribution is 7.92. The molecule has 0 radical (unpaired) electrons. The molecule has 0 saturated carbocycles. The monoisotopic (exact) mass is 589 g/mol. The largest absolute Gasteiger partial charge is 0.497 e. The van der Waals surface area contributed by atoms with E-state index in [4.69, 9.17) is 18.9 Å². The molecule has 1 amide bonds. The minimum Gasteiger partial charge on any atom is -0.497 e. The van der Waals surface area contributed by atoms with Gasteiger partial charge in [0, 0.05) is 11.6 Å². The van der Waals surface area contributed by atoms with Gasteiger partial charge < -0.3 is 18.9 Å². The van der Waals surface area contributed by atoms with Crippen LogP contribution in [0.1, 0.15) is 11.1 Å². The molecule has 0 aliphatic carbocycles. The summed E-state index contributed by atoms with van der Waals surface area (Å²) in [6.45, 7) is -0.185. The highest BCUT2D eigenvalue weighted by Gasteiger charge is 2.28. The van der Waals surface area contributed by atoms with E-state index in [0.29, 0.717) is 29.4 Å². The lowest BCUT2D eigenvalue weighted by Crippen LogP contribution is -2.39. The third kappa shape index (κ3) is 7.38.